The Kier molecular flexibility index (Phi) is 5.00. The highest BCUT2D eigenvalue weighted by Crippen LogP contribution is 2.40. The molecule has 3 aromatic rings. The number of carbonyl (C=O) groups is 1. The van der Waals surface area contributed by atoms with Crippen LogP contribution >= 0.6 is 27.3 Å². The number of carbonyl (C=O) groups excluding carboxylic acids is 1. The SMILES string of the molecule is CCOC(=O)c1c(Nc2ccc(Br)cc2[N+](=O)[O-])sc2ccccc12. The summed E-state index contributed by atoms with van der Waals surface area (Å²) in [4.78, 5) is 23.3. The molecule has 0 unspecified atom stereocenters. The van der Waals surface area contributed by atoms with E-state index in [9.17, 15) is 14.9 Å². The van der Waals surface area contributed by atoms with Gasteiger partial charge in [0.2, 0.25) is 0 Å². The first kappa shape index (κ1) is 17.4. The third-order valence-corrected chi connectivity index (χ3v) is 5.06. The van der Waals surface area contributed by atoms with Gasteiger partial charge in [-0.05, 0) is 25.1 Å². The van der Waals surface area contributed by atoms with Crippen LogP contribution in [0.4, 0.5) is 16.4 Å². The summed E-state index contributed by atoms with van der Waals surface area (Å²) in [5.74, 6) is -0.456. The van der Waals surface area contributed by atoms with Crippen molar-refractivity contribution in [3.8, 4) is 0 Å². The minimum Gasteiger partial charge on any atom is -0.462 e. The van der Waals surface area contributed by atoms with Gasteiger partial charge in [0.15, 0.2) is 0 Å². The van der Waals surface area contributed by atoms with Gasteiger partial charge in [0.1, 0.15) is 16.3 Å². The summed E-state index contributed by atoms with van der Waals surface area (Å²) in [6.07, 6.45) is 0. The predicted octanol–water partition coefficient (Wildman–Crippen LogP) is 5.49. The first-order valence-electron chi connectivity index (χ1n) is 7.41. The van der Waals surface area contributed by atoms with E-state index in [2.05, 4.69) is 21.2 Å². The van der Waals surface area contributed by atoms with E-state index in [-0.39, 0.29) is 12.3 Å². The Hall–Kier alpha value is -2.45. The third kappa shape index (κ3) is 3.49. The zero-order valence-electron chi connectivity index (χ0n) is 13.1. The molecule has 1 N–H and O–H groups in total. The van der Waals surface area contributed by atoms with Gasteiger partial charge in [0.05, 0.1) is 11.5 Å². The molecule has 0 spiro atoms. The summed E-state index contributed by atoms with van der Waals surface area (Å²) < 4.78 is 6.66. The van der Waals surface area contributed by atoms with Gasteiger partial charge >= 0.3 is 5.97 Å². The van der Waals surface area contributed by atoms with Crippen LogP contribution in [-0.2, 0) is 4.74 Å². The van der Waals surface area contributed by atoms with Gasteiger partial charge in [-0.2, -0.15) is 0 Å². The molecule has 2 aromatic carbocycles. The fraction of sp³-hybridized carbons (Fsp3) is 0.118. The lowest BCUT2D eigenvalue weighted by atomic mass is 10.1. The molecular weight excluding hydrogens is 408 g/mol. The van der Waals surface area contributed by atoms with Crippen LogP contribution in [0.25, 0.3) is 10.1 Å². The first-order valence-corrected chi connectivity index (χ1v) is 9.01. The van der Waals surface area contributed by atoms with Crippen molar-refractivity contribution < 1.29 is 14.5 Å². The van der Waals surface area contributed by atoms with Gasteiger partial charge in [-0.1, -0.05) is 34.1 Å². The number of benzene rings is 2. The molecular formula is C17H13BrN2O4S. The van der Waals surface area contributed by atoms with E-state index in [1.54, 1.807) is 19.1 Å². The van der Waals surface area contributed by atoms with Crippen LogP contribution in [0.1, 0.15) is 17.3 Å². The monoisotopic (exact) mass is 420 g/mol. The number of nitrogens with zero attached hydrogens (tertiary/aromatic N) is 1. The average Bonchev–Trinajstić information content (AvgIpc) is 2.94. The molecule has 3 rings (SSSR count). The second-order valence-corrected chi connectivity index (χ2v) is 7.03. The van der Waals surface area contributed by atoms with E-state index < -0.39 is 10.9 Å². The van der Waals surface area contributed by atoms with Gasteiger partial charge in [-0.25, -0.2) is 4.79 Å². The summed E-state index contributed by atoms with van der Waals surface area (Å²) in [6.45, 7) is 1.99. The Balaban J connectivity index is 2.12. The topological polar surface area (TPSA) is 81.5 Å². The summed E-state index contributed by atoms with van der Waals surface area (Å²) in [5.41, 5.74) is 0.617. The first-order chi connectivity index (χ1) is 12.0. The standard InChI is InChI=1S/C17H13BrN2O4S/c1-2-24-17(21)15-11-5-3-4-6-14(11)25-16(15)19-12-8-7-10(18)9-13(12)20(22)23/h3-9,19H,2H2,1H3. The summed E-state index contributed by atoms with van der Waals surface area (Å²) in [6, 6.07) is 12.2. The lowest BCUT2D eigenvalue weighted by Crippen LogP contribution is -2.06. The van der Waals surface area contributed by atoms with Gasteiger partial charge in [0, 0.05) is 20.6 Å². The maximum atomic E-state index is 12.4. The van der Waals surface area contributed by atoms with Crippen LogP contribution in [0.5, 0.6) is 0 Å². The molecule has 0 aliphatic carbocycles. The van der Waals surface area contributed by atoms with Crippen LogP contribution in [0, 0.1) is 10.1 Å². The minimum absolute atomic E-state index is 0.0818. The Morgan fingerprint density at radius 3 is 2.80 bits per heavy atom. The molecule has 0 radical (unpaired) electrons. The number of anilines is 2. The number of fused-ring (bicyclic) bond motifs is 1. The lowest BCUT2D eigenvalue weighted by molar-refractivity contribution is -0.384. The molecule has 6 nitrogen and oxygen atoms in total. The van der Waals surface area contributed by atoms with Gasteiger partial charge in [-0.3, -0.25) is 10.1 Å². The molecule has 8 heteroatoms. The number of nitro groups is 1. The number of rotatable bonds is 5. The number of nitrogens with one attached hydrogen (secondary N) is 1. The van der Waals surface area contributed by atoms with E-state index in [1.807, 2.05) is 24.3 Å². The van der Waals surface area contributed by atoms with E-state index >= 15 is 0 Å². The summed E-state index contributed by atoms with van der Waals surface area (Å²) in [7, 11) is 0. The van der Waals surface area contributed by atoms with Crippen molar-refractivity contribution in [1.82, 2.24) is 0 Å². The molecule has 1 aromatic heterocycles. The number of hydrogen-bond donors (Lipinski definition) is 1. The maximum absolute atomic E-state index is 12.4. The van der Waals surface area contributed by atoms with Crippen molar-refractivity contribution in [3.05, 3.63) is 62.6 Å². The predicted molar refractivity (Wildman–Crippen MR) is 102 cm³/mol. The highest BCUT2D eigenvalue weighted by Gasteiger charge is 2.22. The zero-order chi connectivity index (χ0) is 18.0. The number of thiophene rings is 1. The molecule has 0 atom stereocenters. The molecule has 0 saturated heterocycles. The van der Waals surface area contributed by atoms with E-state index in [4.69, 9.17) is 4.74 Å². The zero-order valence-corrected chi connectivity index (χ0v) is 15.5. The second kappa shape index (κ2) is 7.20. The molecule has 0 bridgehead atoms. The van der Waals surface area contributed by atoms with Crippen molar-refractivity contribution >= 4 is 59.7 Å². The second-order valence-electron chi connectivity index (χ2n) is 5.07. The Bertz CT molecular complexity index is 970. The summed E-state index contributed by atoms with van der Waals surface area (Å²) >= 11 is 4.58. The van der Waals surface area contributed by atoms with Gasteiger partial charge in [-0.15, -0.1) is 11.3 Å². The molecule has 25 heavy (non-hydrogen) atoms. The Morgan fingerprint density at radius 1 is 1.32 bits per heavy atom. The Morgan fingerprint density at radius 2 is 2.08 bits per heavy atom. The van der Waals surface area contributed by atoms with E-state index in [0.29, 0.717) is 20.7 Å². The molecule has 1 heterocycles. The largest absolute Gasteiger partial charge is 0.462 e. The lowest BCUT2D eigenvalue weighted by Gasteiger charge is -2.08. The highest BCUT2D eigenvalue weighted by molar-refractivity contribution is 9.10. The van der Waals surface area contributed by atoms with Gasteiger partial charge in [0.25, 0.3) is 5.69 Å². The summed E-state index contributed by atoms with van der Waals surface area (Å²) in [5, 5.41) is 15.6. The molecule has 0 aliphatic heterocycles. The van der Waals surface area contributed by atoms with Crippen LogP contribution in [-0.4, -0.2) is 17.5 Å². The molecule has 0 saturated carbocycles. The molecule has 0 fully saturated rings. The van der Waals surface area contributed by atoms with Crippen molar-refractivity contribution in [2.24, 2.45) is 0 Å². The van der Waals surface area contributed by atoms with Crippen molar-refractivity contribution in [2.45, 2.75) is 6.92 Å². The van der Waals surface area contributed by atoms with Crippen molar-refractivity contribution in [1.29, 1.82) is 0 Å². The van der Waals surface area contributed by atoms with Crippen molar-refractivity contribution in [2.75, 3.05) is 11.9 Å². The quantitative estimate of drug-likeness (QED) is 0.335. The van der Waals surface area contributed by atoms with Crippen molar-refractivity contribution in [3.63, 3.8) is 0 Å². The fourth-order valence-corrected chi connectivity index (χ4v) is 3.88. The smallest absolute Gasteiger partial charge is 0.341 e. The molecule has 128 valence electrons. The van der Waals surface area contributed by atoms with Crippen LogP contribution in [0.2, 0.25) is 0 Å². The van der Waals surface area contributed by atoms with E-state index in [0.717, 1.165) is 10.1 Å². The third-order valence-electron chi connectivity index (χ3n) is 3.48. The minimum atomic E-state index is -0.468. The normalized spacial score (nSPS) is 10.6. The fourth-order valence-electron chi connectivity index (χ4n) is 2.42. The van der Waals surface area contributed by atoms with Gasteiger partial charge < -0.3 is 10.1 Å². The number of nitro benzene ring substituents is 1. The number of hydrogen-bond acceptors (Lipinski definition) is 6. The Labute approximate surface area is 155 Å². The highest BCUT2D eigenvalue weighted by atomic mass is 79.9. The van der Waals surface area contributed by atoms with Crippen LogP contribution in [0.15, 0.2) is 46.9 Å². The molecule has 0 aliphatic rings. The number of halogens is 1. The maximum Gasteiger partial charge on any atom is 0.341 e. The van der Waals surface area contributed by atoms with E-state index in [1.165, 1.54) is 17.4 Å². The number of ether oxygens (including phenoxy) is 1. The number of esters is 1. The average molecular weight is 421 g/mol. The van der Waals surface area contributed by atoms with Crippen LogP contribution in [0.3, 0.4) is 0 Å². The molecule has 0 amide bonds. The van der Waals surface area contributed by atoms with Crippen LogP contribution < -0.4 is 5.32 Å².